The van der Waals surface area contributed by atoms with E-state index in [1.807, 2.05) is 11.4 Å². The SMILES string of the molecule is O=C(O)c1cc(-c2cccc(Cl)c2)c(=O)n2c1-c1sccc1CC2. The smallest absolute Gasteiger partial charge is 0.337 e. The van der Waals surface area contributed by atoms with E-state index < -0.39 is 5.97 Å². The van der Waals surface area contributed by atoms with Gasteiger partial charge < -0.3 is 9.67 Å². The fraction of sp³-hybridized carbons (Fsp3) is 0.111. The van der Waals surface area contributed by atoms with Crippen molar-refractivity contribution in [1.29, 1.82) is 0 Å². The van der Waals surface area contributed by atoms with Gasteiger partial charge >= 0.3 is 5.97 Å². The molecule has 0 spiro atoms. The van der Waals surface area contributed by atoms with Gasteiger partial charge in [-0.15, -0.1) is 11.3 Å². The zero-order valence-corrected chi connectivity index (χ0v) is 14.0. The number of carboxylic acids is 1. The molecule has 3 aromatic rings. The molecular formula is C18H12ClNO3S. The van der Waals surface area contributed by atoms with E-state index in [0.717, 1.165) is 16.9 Å². The predicted molar refractivity (Wildman–Crippen MR) is 95.1 cm³/mol. The van der Waals surface area contributed by atoms with Crippen LogP contribution in [0.1, 0.15) is 15.9 Å². The number of fused-ring (bicyclic) bond motifs is 3. The molecule has 1 aromatic carbocycles. The summed E-state index contributed by atoms with van der Waals surface area (Å²) in [6.07, 6.45) is 0.726. The first-order valence-electron chi connectivity index (χ1n) is 7.40. The van der Waals surface area contributed by atoms with Gasteiger partial charge in [0.1, 0.15) is 0 Å². The Hall–Kier alpha value is -2.37. The molecule has 0 atom stereocenters. The second-order valence-corrected chi connectivity index (χ2v) is 6.97. The van der Waals surface area contributed by atoms with Gasteiger partial charge in [0.05, 0.1) is 16.1 Å². The maximum Gasteiger partial charge on any atom is 0.337 e. The van der Waals surface area contributed by atoms with Crippen LogP contribution in [-0.4, -0.2) is 15.6 Å². The molecule has 1 N–H and O–H groups in total. The largest absolute Gasteiger partial charge is 0.478 e. The first kappa shape index (κ1) is 15.2. The Bertz CT molecular complexity index is 1030. The highest BCUT2D eigenvalue weighted by atomic mass is 35.5. The number of nitrogens with zero attached hydrogens (tertiary/aromatic N) is 1. The molecular weight excluding hydrogens is 346 g/mol. The Balaban J connectivity index is 2.06. The van der Waals surface area contributed by atoms with Crippen LogP contribution >= 0.6 is 22.9 Å². The Labute approximate surface area is 146 Å². The number of carboxylic acid groups (broad SMARTS) is 1. The molecule has 2 aromatic heterocycles. The molecule has 0 fully saturated rings. The topological polar surface area (TPSA) is 59.3 Å². The maximum atomic E-state index is 13.0. The highest BCUT2D eigenvalue weighted by molar-refractivity contribution is 7.13. The molecule has 4 nitrogen and oxygen atoms in total. The Morgan fingerprint density at radius 1 is 1.25 bits per heavy atom. The normalized spacial score (nSPS) is 12.5. The summed E-state index contributed by atoms with van der Waals surface area (Å²) in [4.78, 5) is 25.7. The van der Waals surface area contributed by atoms with Crippen molar-refractivity contribution in [3.05, 3.63) is 68.3 Å². The van der Waals surface area contributed by atoms with Crippen molar-refractivity contribution < 1.29 is 9.90 Å². The average Bonchev–Trinajstić information content (AvgIpc) is 3.03. The number of thiophene rings is 1. The minimum Gasteiger partial charge on any atom is -0.478 e. The van der Waals surface area contributed by atoms with Gasteiger partial charge in [0.25, 0.3) is 5.56 Å². The first-order valence-corrected chi connectivity index (χ1v) is 8.66. The highest BCUT2D eigenvalue weighted by Crippen LogP contribution is 2.36. The molecule has 3 heterocycles. The van der Waals surface area contributed by atoms with Crippen molar-refractivity contribution in [2.24, 2.45) is 0 Å². The number of benzene rings is 1. The summed E-state index contributed by atoms with van der Waals surface area (Å²) in [5.74, 6) is -1.04. The standard InChI is InChI=1S/C18H12ClNO3S/c19-12-3-1-2-11(8-12)13-9-14(18(22)23)15-16-10(5-7-24-16)4-6-20(15)17(13)21/h1-3,5,7-9H,4,6H2,(H,22,23). The third-order valence-electron chi connectivity index (χ3n) is 4.22. The summed E-state index contributed by atoms with van der Waals surface area (Å²) in [6.45, 7) is 0.479. The van der Waals surface area contributed by atoms with Crippen LogP contribution in [-0.2, 0) is 13.0 Å². The second-order valence-electron chi connectivity index (χ2n) is 5.62. The van der Waals surface area contributed by atoms with E-state index in [-0.39, 0.29) is 11.1 Å². The number of hydrogen-bond acceptors (Lipinski definition) is 3. The van der Waals surface area contributed by atoms with Crippen LogP contribution in [0.2, 0.25) is 5.02 Å². The van der Waals surface area contributed by atoms with Gasteiger partial charge in [0.2, 0.25) is 0 Å². The first-order chi connectivity index (χ1) is 11.6. The van der Waals surface area contributed by atoms with Gasteiger partial charge in [0, 0.05) is 17.1 Å². The van der Waals surface area contributed by atoms with Gasteiger partial charge in [-0.05, 0) is 47.2 Å². The van der Waals surface area contributed by atoms with Gasteiger partial charge in [-0.1, -0.05) is 23.7 Å². The summed E-state index contributed by atoms with van der Waals surface area (Å²) in [6, 6.07) is 10.4. The molecule has 6 heteroatoms. The lowest BCUT2D eigenvalue weighted by molar-refractivity contribution is 0.0697. The highest BCUT2D eigenvalue weighted by Gasteiger charge is 2.26. The molecule has 4 rings (SSSR count). The molecule has 0 saturated carbocycles. The van der Waals surface area contributed by atoms with Crippen LogP contribution in [0.4, 0.5) is 0 Å². The fourth-order valence-electron chi connectivity index (χ4n) is 3.12. The van der Waals surface area contributed by atoms with Gasteiger partial charge in [0.15, 0.2) is 0 Å². The molecule has 1 aliphatic heterocycles. The lowest BCUT2D eigenvalue weighted by Crippen LogP contribution is -2.29. The third-order valence-corrected chi connectivity index (χ3v) is 5.42. The van der Waals surface area contributed by atoms with Crippen LogP contribution in [0.25, 0.3) is 21.7 Å². The van der Waals surface area contributed by atoms with Crippen molar-refractivity contribution in [2.45, 2.75) is 13.0 Å². The van der Waals surface area contributed by atoms with Crippen LogP contribution in [0, 0.1) is 0 Å². The van der Waals surface area contributed by atoms with Gasteiger partial charge in [-0.2, -0.15) is 0 Å². The van der Waals surface area contributed by atoms with Crippen molar-refractivity contribution in [2.75, 3.05) is 0 Å². The van der Waals surface area contributed by atoms with Crippen LogP contribution in [0.3, 0.4) is 0 Å². The lowest BCUT2D eigenvalue weighted by Gasteiger charge is -2.22. The number of aryl methyl sites for hydroxylation is 1. The quantitative estimate of drug-likeness (QED) is 0.749. The van der Waals surface area contributed by atoms with E-state index in [4.69, 9.17) is 11.6 Å². The van der Waals surface area contributed by atoms with E-state index in [2.05, 4.69) is 0 Å². The molecule has 0 amide bonds. The summed E-state index contributed by atoms with van der Waals surface area (Å²) in [5, 5.41) is 12.1. The Morgan fingerprint density at radius 3 is 2.83 bits per heavy atom. The predicted octanol–water partition coefficient (Wildman–Crippen LogP) is 4.15. The molecule has 120 valence electrons. The van der Waals surface area contributed by atoms with Crippen molar-refractivity contribution in [1.82, 2.24) is 4.57 Å². The van der Waals surface area contributed by atoms with Crippen LogP contribution < -0.4 is 5.56 Å². The van der Waals surface area contributed by atoms with E-state index in [9.17, 15) is 14.7 Å². The summed E-state index contributed by atoms with van der Waals surface area (Å²) >= 11 is 7.49. The fourth-order valence-corrected chi connectivity index (χ4v) is 4.34. The number of pyridine rings is 1. The molecule has 24 heavy (non-hydrogen) atoms. The second kappa shape index (κ2) is 5.61. The van der Waals surface area contributed by atoms with Crippen molar-refractivity contribution in [3.63, 3.8) is 0 Å². The minimum atomic E-state index is -1.04. The molecule has 0 bridgehead atoms. The average molecular weight is 358 g/mol. The number of carbonyl (C=O) groups is 1. The minimum absolute atomic E-state index is 0.146. The van der Waals surface area contributed by atoms with Crippen molar-refractivity contribution in [3.8, 4) is 21.7 Å². The van der Waals surface area contributed by atoms with Crippen LogP contribution in [0.5, 0.6) is 0 Å². The van der Waals surface area contributed by atoms with Crippen LogP contribution in [0.15, 0.2) is 46.6 Å². The lowest BCUT2D eigenvalue weighted by atomic mass is 9.98. The molecule has 0 saturated heterocycles. The number of rotatable bonds is 2. The van der Waals surface area contributed by atoms with E-state index in [1.54, 1.807) is 28.8 Å². The Kier molecular flexibility index (Phi) is 3.55. The zero-order chi connectivity index (χ0) is 16.8. The van der Waals surface area contributed by atoms with Crippen molar-refractivity contribution >= 4 is 28.9 Å². The summed E-state index contributed by atoms with van der Waals surface area (Å²) < 4.78 is 1.58. The third kappa shape index (κ3) is 2.28. The summed E-state index contributed by atoms with van der Waals surface area (Å²) in [7, 11) is 0. The van der Waals surface area contributed by atoms with E-state index in [0.29, 0.717) is 28.4 Å². The summed E-state index contributed by atoms with van der Waals surface area (Å²) in [5.41, 5.74) is 2.55. The number of hydrogen-bond donors (Lipinski definition) is 1. The molecule has 0 aliphatic carbocycles. The Morgan fingerprint density at radius 2 is 2.08 bits per heavy atom. The molecule has 1 aliphatic rings. The van der Waals surface area contributed by atoms with Gasteiger partial charge in [-0.25, -0.2) is 4.79 Å². The van der Waals surface area contributed by atoms with E-state index >= 15 is 0 Å². The number of halogens is 1. The number of aromatic carboxylic acids is 1. The monoisotopic (exact) mass is 357 g/mol. The maximum absolute atomic E-state index is 13.0. The molecule has 0 radical (unpaired) electrons. The number of aromatic nitrogens is 1. The molecule has 0 unspecified atom stereocenters. The van der Waals surface area contributed by atoms with Gasteiger partial charge in [-0.3, -0.25) is 4.79 Å². The zero-order valence-electron chi connectivity index (χ0n) is 12.5. The van der Waals surface area contributed by atoms with E-state index in [1.165, 1.54) is 17.4 Å².